The third-order valence-corrected chi connectivity index (χ3v) is 2.91. The number of nitrogens with one attached hydrogen (secondary N) is 1. The maximum Gasteiger partial charge on any atom is 0.0641 e. The van der Waals surface area contributed by atoms with Gasteiger partial charge in [-0.1, -0.05) is 0 Å². The highest BCUT2D eigenvalue weighted by molar-refractivity contribution is 5.24. The fourth-order valence-electron chi connectivity index (χ4n) is 1.81. The second kappa shape index (κ2) is 4.97. The number of rotatable bonds is 5. The van der Waals surface area contributed by atoms with Crippen LogP contribution in [-0.2, 0) is 18.3 Å². The lowest BCUT2D eigenvalue weighted by Gasteiger charge is -2.25. The van der Waals surface area contributed by atoms with Gasteiger partial charge in [0.15, 0.2) is 0 Å². The number of hydrogen-bond donors (Lipinski definition) is 1. The van der Waals surface area contributed by atoms with Crippen molar-refractivity contribution < 1.29 is 4.74 Å². The maximum absolute atomic E-state index is 5.18. The summed E-state index contributed by atoms with van der Waals surface area (Å²) >= 11 is 0. The molecule has 4 nitrogen and oxygen atoms in total. The minimum atomic E-state index is -0.0104. The molecular weight excluding hydrogens is 202 g/mol. The Kier molecular flexibility index (Phi) is 4.10. The molecule has 0 aliphatic heterocycles. The quantitative estimate of drug-likeness (QED) is 0.826. The zero-order valence-electron chi connectivity index (χ0n) is 11.2. The first-order valence-electron chi connectivity index (χ1n) is 5.60. The maximum atomic E-state index is 5.18. The Morgan fingerprint density at radius 1 is 1.38 bits per heavy atom. The van der Waals surface area contributed by atoms with Gasteiger partial charge in [-0.3, -0.25) is 4.68 Å². The van der Waals surface area contributed by atoms with Crippen molar-refractivity contribution in [2.75, 3.05) is 13.7 Å². The lowest BCUT2D eigenvalue weighted by Crippen LogP contribution is -2.42. The van der Waals surface area contributed by atoms with Crippen LogP contribution in [0.25, 0.3) is 0 Å². The number of hydrogen-bond acceptors (Lipinski definition) is 3. The SMILES string of the molecule is COCC(C)(C)NCc1c(C)nn(C)c1C. The molecule has 0 amide bonds. The molecule has 0 aliphatic carbocycles. The van der Waals surface area contributed by atoms with Gasteiger partial charge in [-0.25, -0.2) is 0 Å². The Hall–Kier alpha value is -0.870. The van der Waals surface area contributed by atoms with Crippen LogP contribution in [0.5, 0.6) is 0 Å². The summed E-state index contributed by atoms with van der Waals surface area (Å²) in [7, 11) is 3.70. The van der Waals surface area contributed by atoms with Crippen LogP contribution >= 0.6 is 0 Å². The Balaban J connectivity index is 2.67. The molecule has 0 radical (unpaired) electrons. The Bertz CT molecular complexity index is 355. The predicted octanol–water partition coefficient (Wildman–Crippen LogP) is 1.55. The molecule has 1 aromatic heterocycles. The van der Waals surface area contributed by atoms with E-state index in [-0.39, 0.29) is 5.54 Å². The fourth-order valence-corrected chi connectivity index (χ4v) is 1.81. The van der Waals surface area contributed by atoms with Gasteiger partial charge in [0.2, 0.25) is 0 Å². The molecule has 1 aromatic rings. The van der Waals surface area contributed by atoms with Crippen LogP contribution < -0.4 is 5.32 Å². The van der Waals surface area contributed by atoms with E-state index < -0.39 is 0 Å². The summed E-state index contributed by atoms with van der Waals surface area (Å²) in [5.41, 5.74) is 3.59. The lowest BCUT2D eigenvalue weighted by atomic mass is 10.1. The van der Waals surface area contributed by atoms with Crippen molar-refractivity contribution in [1.82, 2.24) is 15.1 Å². The number of ether oxygens (including phenoxy) is 1. The Morgan fingerprint density at radius 2 is 2.00 bits per heavy atom. The third kappa shape index (κ3) is 3.06. The molecule has 0 saturated carbocycles. The molecule has 0 bridgehead atoms. The van der Waals surface area contributed by atoms with Gasteiger partial charge in [0, 0.05) is 37.5 Å². The number of aryl methyl sites for hydroxylation is 2. The molecule has 0 unspecified atom stereocenters. The zero-order chi connectivity index (χ0) is 12.3. The summed E-state index contributed by atoms with van der Waals surface area (Å²) in [5.74, 6) is 0. The van der Waals surface area contributed by atoms with Gasteiger partial charge in [0.1, 0.15) is 0 Å². The first-order valence-corrected chi connectivity index (χ1v) is 5.60. The fraction of sp³-hybridized carbons (Fsp3) is 0.750. The summed E-state index contributed by atoms with van der Waals surface area (Å²) in [6, 6.07) is 0. The van der Waals surface area contributed by atoms with Crippen molar-refractivity contribution in [2.45, 2.75) is 39.8 Å². The van der Waals surface area contributed by atoms with Gasteiger partial charge in [-0.2, -0.15) is 5.10 Å². The van der Waals surface area contributed by atoms with E-state index in [9.17, 15) is 0 Å². The summed E-state index contributed by atoms with van der Waals surface area (Å²) < 4.78 is 7.10. The van der Waals surface area contributed by atoms with Crippen molar-refractivity contribution >= 4 is 0 Å². The van der Waals surface area contributed by atoms with E-state index in [1.54, 1.807) is 7.11 Å². The molecule has 0 atom stereocenters. The Morgan fingerprint density at radius 3 is 2.44 bits per heavy atom. The highest BCUT2D eigenvalue weighted by Gasteiger charge is 2.18. The zero-order valence-corrected chi connectivity index (χ0v) is 11.2. The van der Waals surface area contributed by atoms with E-state index in [2.05, 4.69) is 31.2 Å². The number of aromatic nitrogens is 2. The smallest absolute Gasteiger partial charge is 0.0641 e. The molecule has 1 N–H and O–H groups in total. The second-order valence-electron chi connectivity index (χ2n) is 4.94. The standard InChI is InChI=1S/C12H23N3O/c1-9-11(10(2)15(5)14-9)7-13-12(3,4)8-16-6/h13H,7-8H2,1-6H3. The normalized spacial score (nSPS) is 12.1. The predicted molar refractivity (Wildman–Crippen MR) is 65.5 cm³/mol. The van der Waals surface area contributed by atoms with Gasteiger partial charge in [-0.15, -0.1) is 0 Å². The van der Waals surface area contributed by atoms with E-state index in [1.165, 1.54) is 11.3 Å². The molecule has 0 aromatic carbocycles. The van der Waals surface area contributed by atoms with Gasteiger partial charge >= 0.3 is 0 Å². The molecule has 92 valence electrons. The van der Waals surface area contributed by atoms with Crippen molar-refractivity contribution in [1.29, 1.82) is 0 Å². The third-order valence-electron chi connectivity index (χ3n) is 2.91. The van der Waals surface area contributed by atoms with Crippen LogP contribution in [0.2, 0.25) is 0 Å². The second-order valence-corrected chi connectivity index (χ2v) is 4.94. The number of nitrogens with zero attached hydrogens (tertiary/aromatic N) is 2. The van der Waals surface area contributed by atoms with Crippen LogP contribution in [0.1, 0.15) is 30.8 Å². The van der Waals surface area contributed by atoms with E-state index >= 15 is 0 Å². The van der Waals surface area contributed by atoms with Crippen molar-refractivity contribution in [3.63, 3.8) is 0 Å². The molecule has 0 spiro atoms. The molecule has 16 heavy (non-hydrogen) atoms. The minimum absolute atomic E-state index is 0.0104. The van der Waals surface area contributed by atoms with Gasteiger partial charge in [-0.05, 0) is 27.7 Å². The van der Waals surface area contributed by atoms with E-state index in [0.717, 1.165) is 12.2 Å². The first-order chi connectivity index (χ1) is 7.37. The topological polar surface area (TPSA) is 39.1 Å². The van der Waals surface area contributed by atoms with Gasteiger partial charge in [0.25, 0.3) is 0 Å². The van der Waals surface area contributed by atoms with Crippen LogP contribution in [0.4, 0.5) is 0 Å². The molecule has 0 saturated heterocycles. The molecule has 4 heteroatoms. The first kappa shape index (κ1) is 13.2. The average molecular weight is 225 g/mol. The van der Waals surface area contributed by atoms with Crippen molar-refractivity contribution in [2.24, 2.45) is 7.05 Å². The molecule has 0 fully saturated rings. The number of methoxy groups -OCH3 is 1. The van der Waals surface area contributed by atoms with E-state index in [0.29, 0.717) is 6.61 Å². The average Bonchev–Trinajstić information content (AvgIpc) is 2.39. The molecule has 0 aliphatic rings. The van der Waals surface area contributed by atoms with Gasteiger partial charge in [0.05, 0.1) is 12.3 Å². The molecule has 1 heterocycles. The van der Waals surface area contributed by atoms with Crippen LogP contribution in [-0.4, -0.2) is 29.0 Å². The molecular formula is C12H23N3O. The largest absolute Gasteiger partial charge is 0.383 e. The lowest BCUT2D eigenvalue weighted by molar-refractivity contribution is 0.127. The molecule has 1 rings (SSSR count). The van der Waals surface area contributed by atoms with Crippen molar-refractivity contribution in [3.8, 4) is 0 Å². The highest BCUT2D eigenvalue weighted by Crippen LogP contribution is 2.13. The Labute approximate surface area is 98.0 Å². The minimum Gasteiger partial charge on any atom is -0.383 e. The summed E-state index contributed by atoms with van der Waals surface area (Å²) in [6.07, 6.45) is 0. The van der Waals surface area contributed by atoms with Crippen LogP contribution in [0, 0.1) is 13.8 Å². The van der Waals surface area contributed by atoms with E-state index in [4.69, 9.17) is 4.74 Å². The van der Waals surface area contributed by atoms with E-state index in [1.807, 2.05) is 18.7 Å². The summed E-state index contributed by atoms with van der Waals surface area (Å²) in [5, 5.41) is 7.90. The summed E-state index contributed by atoms with van der Waals surface area (Å²) in [6.45, 7) is 9.95. The highest BCUT2D eigenvalue weighted by atomic mass is 16.5. The van der Waals surface area contributed by atoms with Crippen LogP contribution in [0.3, 0.4) is 0 Å². The van der Waals surface area contributed by atoms with Crippen LogP contribution in [0.15, 0.2) is 0 Å². The monoisotopic (exact) mass is 225 g/mol. The van der Waals surface area contributed by atoms with Gasteiger partial charge < -0.3 is 10.1 Å². The summed E-state index contributed by atoms with van der Waals surface area (Å²) in [4.78, 5) is 0. The van der Waals surface area contributed by atoms with Crippen molar-refractivity contribution in [3.05, 3.63) is 17.0 Å².